The summed E-state index contributed by atoms with van der Waals surface area (Å²) >= 11 is 0. The number of sulfone groups is 1. The molecule has 3 aromatic rings. The van der Waals surface area contributed by atoms with E-state index in [2.05, 4.69) is 4.98 Å². The maximum absolute atomic E-state index is 13.5. The molecule has 1 aliphatic heterocycles. The summed E-state index contributed by atoms with van der Waals surface area (Å²) in [5.41, 5.74) is 0.300. The molecule has 4 rings (SSSR count). The van der Waals surface area contributed by atoms with Crippen LogP contribution in [-0.2, 0) is 33.9 Å². The molecule has 0 spiro atoms. The first-order valence-electron chi connectivity index (χ1n) is 9.19. The van der Waals surface area contributed by atoms with E-state index in [1.54, 1.807) is 24.3 Å². The predicted octanol–water partition coefficient (Wildman–Crippen LogP) is 2.86. The van der Waals surface area contributed by atoms with Crippen molar-refractivity contribution in [3.8, 4) is 0 Å². The molecule has 7 nitrogen and oxygen atoms in total. The first-order valence-corrected chi connectivity index (χ1v) is 11.0. The van der Waals surface area contributed by atoms with E-state index in [-0.39, 0.29) is 35.5 Å². The number of amides is 1. The number of fused-ring (bicyclic) bond motifs is 1. The van der Waals surface area contributed by atoms with Crippen LogP contribution < -0.4 is 0 Å². The minimum Gasteiger partial charge on any atom is -0.467 e. The molecule has 0 bridgehead atoms. The number of imidazole rings is 1. The maximum Gasteiger partial charge on any atom is 0.449 e. The number of rotatable bonds is 5. The van der Waals surface area contributed by atoms with Gasteiger partial charge in [-0.3, -0.25) is 4.79 Å². The summed E-state index contributed by atoms with van der Waals surface area (Å²) in [5.74, 6) is -1.69. The van der Waals surface area contributed by atoms with Crippen molar-refractivity contribution < 1.29 is 30.8 Å². The van der Waals surface area contributed by atoms with E-state index in [9.17, 15) is 26.4 Å². The average Bonchev–Trinajstić information content (AvgIpc) is 3.38. The molecule has 1 aliphatic rings. The normalized spacial score (nSPS) is 18.7. The minimum atomic E-state index is -4.75. The third kappa shape index (κ3) is 4.07. The molecule has 30 heavy (non-hydrogen) atoms. The lowest BCUT2D eigenvalue weighted by molar-refractivity contribution is -0.148. The van der Waals surface area contributed by atoms with Crippen LogP contribution >= 0.6 is 0 Å². The van der Waals surface area contributed by atoms with Gasteiger partial charge in [0.1, 0.15) is 12.3 Å². The zero-order valence-electron chi connectivity index (χ0n) is 15.7. The smallest absolute Gasteiger partial charge is 0.449 e. The topological polar surface area (TPSA) is 85.4 Å². The Kier molecular flexibility index (Phi) is 5.08. The molecule has 0 N–H and O–H groups in total. The van der Waals surface area contributed by atoms with Crippen molar-refractivity contribution in [3.05, 3.63) is 54.2 Å². The van der Waals surface area contributed by atoms with E-state index in [1.165, 1.54) is 23.3 Å². The molecule has 11 heteroatoms. The second kappa shape index (κ2) is 7.46. The summed E-state index contributed by atoms with van der Waals surface area (Å²) in [6.07, 6.45) is -3.11. The van der Waals surface area contributed by atoms with Gasteiger partial charge in [-0.15, -0.1) is 0 Å². The second-order valence-corrected chi connectivity index (χ2v) is 9.39. The van der Waals surface area contributed by atoms with Crippen LogP contribution in [-0.4, -0.2) is 46.3 Å². The Morgan fingerprint density at radius 2 is 2.00 bits per heavy atom. The Hall–Kier alpha value is -2.82. The van der Waals surface area contributed by atoms with Gasteiger partial charge in [0, 0.05) is 6.04 Å². The number of carbonyl (C=O) groups excluding carboxylic acids is 1. The third-order valence-electron chi connectivity index (χ3n) is 5.08. The van der Waals surface area contributed by atoms with Crippen LogP contribution in [0.2, 0.25) is 0 Å². The van der Waals surface area contributed by atoms with Crippen LogP contribution in [0.1, 0.15) is 18.0 Å². The standard InChI is InChI=1S/C19H18F3N3O4S/c20-19(21,22)18-23-15-5-1-2-6-16(15)25(18)11-17(26)24(10-14-4-3-8-29-14)13-7-9-30(27,28)12-13/h1-6,8,13H,7,9-12H2/t13-/m0/s1. The van der Waals surface area contributed by atoms with Gasteiger partial charge in [0.15, 0.2) is 9.84 Å². The number of carbonyl (C=O) groups is 1. The van der Waals surface area contributed by atoms with Crippen molar-refractivity contribution in [2.45, 2.75) is 31.7 Å². The number of hydrogen-bond acceptors (Lipinski definition) is 5. The van der Waals surface area contributed by atoms with E-state index in [1.807, 2.05) is 0 Å². The van der Waals surface area contributed by atoms with Gasteiger partial charge in [-0.25, -0.2) is 13.4 Å². The van der Waals surface area contributed by atoms with Crippen molar-refractivity contribution in [2.24, 2.45) is 0 Å². The summed E-state index contributed by atoms with van der Waals surface area (Å²) in [6.45, 7) is -0.646. The highest BCUT2D eigenvalue weighted by Crippen LogP contribution is 2.32. The van der Waals surface area contributed by atoms with Gasteiger partial charge in [-0.1, -0.05) is 12.1 Å². The summed E-state index contributed by atoms with van der Waals surface area (Å²) in [6, 6.07) is 8.64. The van der Waals surface area contributed by atoms with Gasteiger partial charge in [-0.2, -0.15) is 13.2 Å². The first-order chi connectivity index (χ1) is 14.1. The van der Waals surface area contributed by atoms with Crippen molar-refractivity contribution in [2.75, 3.05) is 11.5 Å². The van der Waals surface area contributed by atoms with Gasteiger partial charge in [0.2, 0.25) is 11.7 Å². The molecule has 0 aliphatic carbocycles. The Labute approximate surface area is 170 Å². The Bertz CT molecular complexity index is 1170. The predicted molar refractivity (Wildman–Crippen MR) is 101 cm³/mol. The van der Waals surface area contributed by atoms with E-state index < -0.39 is 40.3 Å². The fourth-order valence-corrected chi connectivity index (χ4v) is 5.42. The molecule has 1 amide bonds. The molecule has 1 saturated heterocycles. The van der Waals surface area contributed by atoms with Gasteiger partial charge < -0.3 is 13.9 Å². The molecular formula is C19H18F3N3O4S. The molecule has 160 valence electrons. The lowest BCUT2D eigenvalue weighted by atomic mass is 10.2. The van der Waals surface area contributed by atoms with Crippen LogP contribution in [0.25, 0.3) is 11.0 Å². The fraction of sp³-hybridized carbons (Fsp3) is 0.368. The highest BCUT2D eigenvalue weighted by molar-refractivity contribution is 7.91. The van der Waals surface area contributed by atoms with E-state index in [4.69, 9.17) is 4.42 Å². The van der Waals surface area contributed by atoms with Gasteiger partial charge in [0.25, 0.3) is 0 Å². The van der Waals surface area contributed by atoms with Crippen molar-refractivity contribution in [1.29, 1.82) is 0 Å². The van der Waals surface area contributed by atoms with E-state index in [0.29, 0.717) is 5.76 Å². The van der Waals surface area contributed by atoms with E-state index in [0.717, 1.165) is 4.57 Å². The maximum atomic E-state index is 13.5. The minimum absolute atomic E-state index is 0.0278. The Morgan fingerprint density at radius 3 is 2.63 bits per heavy atom. The molecular weight excluding hydrogens is 423 g/mol. The average molecular weight is 441 g/mol. The highest BCUT2D eigenvalue weighted by atomic mass is 32.2. The molecule has 1 atom stereocenters. The number of furan rings is 1. The quantitative estimate of drug-likeness (QED) is 0.608. The largest absolute Gasteiger partial charge is 0.467 e. The van der Waals surface area contributed by atoms with Crippen molar-refractivity contribution in [1.82, 2.24) is 14.5 Å². The highest BCUT2D eigenvalue weighted by Gasteiger charge is 2.40. The summed E-state index contributed by atoms with van der Waals surface area (Å²) in [4.78, 5) is 18.1. The molecule has 1 aromatic carbocycles. The second-order valence-electron chi connectivity index (χ2n) is 7.17. The summed E-state index contributed by atoms with van der Waals surface area (Å²) < 4.78 is 70.6. The molecule has 1 fully saturated rings. The SMILES string of the molecule is O=C(Cn1c(C(F)(F)F)nc2ccccc21)N(Cc1ccco1)[C@H]1CCS(=O)(=O)C1. The third-order valence-corrected chi connectivity index (χ3v) is 6.83. The summed E-state index contributed by atoms with van der Waals surface area (Å²) in [7, 11) is -3.30. The number of alkyl halides is 3. The van der Waals surface area contributed by atoms with Crippen LogP contribution in [0.15, 0.2) is 47.1 Å². The Balaban J connectivity index is 1.69. The number of aromatic nitrogens is 2. The van der Waals surface area contributed by atoms with Gasteiger partial charge >= 0.3 is 6.18 Å². The Morgan fingerprint density at radius 1 is 1.23 bits per heavy atom. The molecule has 0 saturated carbocycles. The van der Waals surface area contributed by atoms with Gasteiger partial charge in [-0.05, 0) is 30.7 Å². The number of para-hydroxylation sites is 2. The fourth-order valence-electron chi connectivity index (χ4n) is 3.69. The van der Waals surface area contributed by atoms with Crippen LogP contribution in [0.4, 0.5) is 13.2 Å². The zero-order chi connectivity index (χ0) is 21.5. The van der Waals surface area contributed by atoms with E-state index >= 15 is 0 Å². The molecule has 0 unspecified atom stereocenters. The van der Waals surface area contributed by atoms with Crippen LogP contribution in [0, 0.1) is 0 Å². The van der Waals surface area contributed by atoms with Crippen molar-refractivity contribution >= 4 is 26.8 Å². The lowest BCUT2D eigenvalue weighted by Crippen LogP contribution is -2.42. The molecule has 3 heterocycles. The lowest BCUT2D eigenvalue weighted by Gasteiger charge is -2.28. The monoisotopic (exact) mass is 441 g/mol. The van der Waals surface area contributed by atoms with Crippen molar-refractivity contribution in [3.63, 3.8) is 0 Å². The molecule has 2 aromatic heterocycles. The summed E-state index contributed by atoms with van der Waals surface area (Å²) in [5, 5.41) is 0. The van der Waals surface area contributed by atoms with Gasteiger partial charge in [0.05, 0.1) is 35.3 Å². The zero-order valence-corrected chi connectivity index (χ0v) is 16.5. The van der Waals surface area contributed by atoms with Crippen LogP contribution in [0.5, 0.6) is 0 Å². The molecule has 0 radical (unpaired) electrons. The number of benzene rings is 1. The number of nitrogens with zero attached hydrogens (tertiary/aromatic N) is 3. The van der Waals surface area contributed by atoms with Crippen LogP contribution in [0.3, 0.4) is 0 Å². The number of halogens is 3. The first kappa shape index (κ1) is 20.5. The number of hydrogen-bond donors (Lipinski definition) is 0.